The van der Waals surface area contributed by atoms with E-state index in [9.17, 15) is 14.9 Å². The Morgan fingerprint density at radius 2 is 2.05 bits per heavy atom. The molecule has 5 nitrogen and oxygen atoms in total. The van der Waals surface area contributed by atoms with E-state index in [0.29, 0.717) is 16.5 Å². The minimum atomic E-state index is -0.546. The van der Waals surface area contributed by atoms with Gasteiger partial charge >= 0.3 is 0 Å². The van der Waals surface area contributed by atoms with E-state index < -0.39 is 10.3 Å². The van der Waals surface area contributed by atoms with Crippen molar-refractivity contribution in [2.75, 3.05) is 0 Å². The van der Waals surface area contributed by atoms with E-state index in [1.807, 2.05) is 6.07 Å². The van der Waals surface area contributed by atoms with E-state index in [4.69, 9.17) is 0 Å². The Bertz CT molecular complexity index is 736. The Hall–Kier alpha value is -1.82. The summed E-state index contributed by atoms with van der Waals surface area (Å²) in [5.74, 6) is -0.0434. The second-order valence-electron chi connectivity index (χ2n) is 5.89. The van der Waals surface area contributed by atoms with Gasteiger partial charge in [0.25, 0.3) is 5.69 Å². The number of pyridine rings is 1. The molecule has 21 heavy (non-hydrogen) atoms. The van der Waals surface area contributed by atoms with Crippen LogP contribution in [0.15, 0.2) is 28.9 Å². The fourth-order valence-electron chi connectivity index (χ4n) is 1.98. The second-order valence-corrected chi connectivity index (χ2v) is 6.81. The molecule has 6 heteroatoms. The van der Waals surface area contributed by atoms with Crippen LogP contribution in [0.3, 0.4) is 0 Å². The minimum absolute atomic E-state index is 0.0231. The summed E-state index contributed by atoms with van der Waals surface area (Å²) >= 11 is 3.35. The quantitative estimate of drug-likeness (QED) is 0.617. The maximum atomic E-state index is 12.3. The molecule has 0 aliphatic rings. The lowest BCUT2D eigenvalue weighted by Gasteiger charge is -2.17. The zero-order valence-electron chi connectivity index (χ0n) is 12.0. The molecule has 0 unspecified atom stereocenters. The first-order chi connectivity index (χ1) is 9.70. The molecule has 0 bridgehead atoms. The van der Waals surface area contributed by atoms with E-state index in [2.05, 4.69) is 20.9 Å². The van der Waals surface area contributed by atoms with Crippen molar-refractivity contribution in [3.8, 4) is 0 Å². The van der Waals surface area contributed by atoms with Gasteiger partial charge in [0.05, 0.1) is 10.4 Å². The van der Waals surface area contributed by atoms with Crippen molar-refractivity contribution >= 4 is 38.3 Å². The number of hydrogen-bond acceptors (Lipinski definition) is 4. The average molecular weight is 351 g/mol. The second kappa shape index (κ2) is 5.52. The van der Waals surface area contributed by atoms with Crippen LogP contribution in [0.25, 0.3) is 10.9 Å². The van der Waals surface area contributed by atoms with Gasteiger partial charge in [-0.1, -0.05) is 36.7 Å². The van der Waals surface area contributed by atoms with Gasteiger partial charge in [-0.25, -0.2) is 4.98 Å². The van der Waals surface area contributed by atoms with Crippen LogP contribution in [-0.4, -0.2) is 15.7 Å². The summed E-state index contributed by atoms with van der Waals surface area (Å²) in [7, 11) is 0. The number of halogens is 1. The standard InChI is InChI=1S/C15H15BrN2O3/c1-15(2,3)14(19)7-11-10-6-9(16)4-5-12(10)17-8-13(11)18(20)21/h4-6,8H,7H2,1-3H3. The molecule has 0 saturated heterocycles. The number of Topliss-reactive ketones (excluding diaryl/α,β-unsaturated/α-hetero) is 1. The van der Waals surface area contributed by atoms with E-state index in [1.54, 1.807) is 32.9 Å². The van der Waals surface area contributed by atoms with Crippen molar-refractivity contribution in [1.82, 2.24) is 4.98 Å². The fraction of sp³-hybridized carbons (Fsp3) is 0.333. The Kier molecular flexibility index (Phi) is 4.09. The molecular formula is C15H15BrN2O3. The number of aromatic nitrogens is 1. The van der Waals surface area contributed by atoms with Crippen molar-refractivity contribution < 1.29 is 9.72 Å². The molecule has 1 heterocycles. The van der Waals surface area contributed by atoms with Crippen molar-refractivity contribution in [3.63, 3.8) is 0 Å². The lowest BCUT2D eigenvalue weighted by Crippen LogP contribution is -2.22. The van der Waals surface area contributed by atoms with Gasteiger partial charge in [-0.05, 0) is 18.2 Å². The summed E-state index contributed by atoms with van der Waals surface area (Å²) in [6.07, 6.45) is 1.25. The van der Waals surface area contributed by atoms with Crippen LogP contribution < -0.4 is 0 Å². The van der Waals surface area contributed by atoms with E-state index in [0.717, 1.165) is 4.47 Å². The van der Waals surface area contributed by atoms with Crippen molar-refractivity contribution in [2.24, 2.45) is 5.41 Å². The normalized spacial score (nSPS) is 11.6. The smallest absolute Gasteiger partial charge is 0.291 e. The average Bonchev–Trinajstić information content (AvgIpc) is 2.37. The number of benzene rings is 1. The van der Waals surface area contributed by atoms with Crippen molar-refractivity contribution in [1.29, 1.82) is 0 Å². The van der Waals surface area contributed by atoms with Gasteiger partial charge in [-0.2, -0.15) is 0 Å². The number of fused-ring (bicyclic) bond motifs is 1. The molecule has 1 aromatic heterocycles. The highest BCUT2D eigenvalue weighted by Gasteiger charge is 2.26. The molecule has 0 atom stereocenters. The number of carbonyl (C=O) groups excluding carboxylic acids is 1. The topological polar surface area (TPSA) is 73.1 Å². The van der Waals surface area contributed by atoms with Gasteiger partial charge in [-0.3, -0.25) is 14.9 Å². The summed E-state index contributed by atoms with van der Waals surface area (Å²) in [5.41, 5.74) is 0.403. The molecule has 0 spiro atoms. The maximum Gasteiger partial charge on any atom is 0.291 e. The van der Waals surface area contributed by atoms with Crippen LogP contribution in [0.5, 0.6) is 0 Å². The number of rotatable bonds is 3. The third-order valence-electron chi connectivity index (χ3n) is 3.29. The summed E-state index contributed by atoms with van der Waals surface area (Å²) in [5, 5.41) is 11.9. The first kappa shape index (κ1) is 15.6. The molecule has 0 amide bonds. The van der Waals surface area contributed by atoms with Gasteiger partial charge in [-0.15, -0.1) is 0 Å². The monoisotopic (exact) mass is 350 g/mol. The predicted octanol–water partition coefficient (Wildman–Crippen LogP) is 4.06. The molecule has 0 saturated carbocycles. The molecule has 0 fully saturated rings. The molecule has 2 rings (SSSR count). The molecule has 0 aliphatic heterocycles. The Labute approximate surface area is 130 Å². The number of ketones is 1. The summed E-state index contributed by atoms with van der Waals surface area (Å²) in [6.45, 7) is 5.42. The molecule has 2 aromatic rings. The van der Waals surface area contributed by atoms with Crippen molar-refractivity contribution in [2.45, 2.75) is 27.2 Å². The van der Waals surface area contributed by atoms with Crippen LogP contribution in [0, 0.1) is 15.5 Å². The maximum absolute atomic E-state index is 12.3. The summed E-state index contributed by atoms with van der Waals surface area (Å²) in [6, 6.07) is 5.35. The minimum Gasteiger partial charge on any atom is -0.299 e. The van der Waals surface area contributed by atoms with E-state index in [-0.39, 0.29) is 17.9 Å². The molecule has 0 radical (unpaired) electrons. The molecular weight excluding hydrogens is 336 g/mol. The lowest BCUT2D eigenvalue weighted by atomic mass is 9.86. The Morgan fingerprint density at radius 3 is 2.62 bits per heavy atom. The lowest BCUT2D eigenvalue weighted by molar-refractivity contribution is -0.385. The van der Waals surface area contributed by atoms with Gasteiger partial charge in [0.2, 0.25) is 0 Å². The first-order valence-electron chi connectivity index (χ1n) is 6.45. The molecule has 110 valence electrons. The van der Waals surface area contributed by atoms with E-state index >= 15 is 0 Å². The fourth-order valence-corrected chi connectivity index (χ4v) is 2.34. The zero-order chi connectivity index (χ0) is 15.8. The number of hydrogen-bond donors (Lipinski definition) is 0. The first-order valence-corrected chi connectivity index (χ1v) is 7.24. The predicted molar refractivity (Wildman–Crippen MR) is 84.3 cm³/mol. The van der Waals surface area contributed by atoms with Gasteiger partial charge in [0, 0.05) is 27.3 Å². The van der Waals surface area contributed by atoms with Crippen LogP contribution in [0.2, 0.25) is 0 Å². The van der Waals surface area contributed by atoms with Crippen LogP contribution in [0.1, 0.15) is 26.3 Å². The third-order valence-corrected chi connectivity index (χ3v) is 3.78. The molecule has 0 aliphatic carbocycles. The van der Waals surface area contributed by atoms with Gasteiger partial charge in [0.15, 0.2) is 0 Å². The van der Waals surface area contributed by atoms with E-state index in [1.165, 1.54) is 6.20 Å². The number of carbonyl (C=O) groups is 1. The van der Waals surface area contributed by atoms with Gasteiger partial charge < -0.3 is 0 Å². The molecule has 0 N–H and O–H groups in total. The van der Waals surface area contributed by atoms with Crippen molar-refractivity contribution in [3.05, 3.63) is 44.5 Å². The Balaban J connectivity index is 2.67. The summed E-state index contributed by atoms with van der Waals surface area (Å²) < 4.78 is 0.793. The van der Waals surface area contributed by atoms with Crippen LogP contribution >= 0.6 is 15.9 Å². The number of nitro groups is 1. The van der Waals surface area contributed by atoms with Crippen LogP contribution in [0.4, 0.5) is 5.69 Å². The highest BCUT2D eigenvalue weighted by atomic mass is 79.9. The Morgan fingerprint density at radius 1 is 1.38 bits per heavy atom. The molecule has 1 aromatic carbocycles. The number of nitrogens with zero attached hydrogens (tertiary/aromatic N) is 2. The van der Waals surface area contributed by atoms with Gasteiger partial charge in [0.1, 0.15) is 12.0 Å². The highest BCUT2D eigenvalue weighted by molar-refractivity contribution is 9.10. The third kappa shape index (κ3) is 3.26. The van der Waals surface area contributed by atoms with Crippen LogP contribution in [-0.2, 0) is 11.2 Å². The summed E-state index contributed by atoms with van der Waals surface area (Å²) in [4.78, 5) is 27.1. The highest BCUT2D eigenvalue weighted by Crippen LogP contribution is 2.30. The SMILES string of the molecule is CC(C)(C)C(=O)Cc1c([N+](=O)[O-])cnc2ccc(Br)cc12. The zero-order valence-corrected chi connectivity index (χ0v) is 13.6. The largest absolute Gasteiger partial charge is 0.299 e.